The van der Waals surface area contributed by atoms with Gasteiger partial charge in [0.05, 0.1) is 12.5 Å². The fraction of sp³-hybridized carbons (Fsp3) is 0.500. The highest BCUT2D eigenvalue weighted by Crippen LogP contribution is 2.24. The van der Waals surface area contributed by atoms with Gasteiger partial charge in [-0.3, -0.25) is 4.79 Å². The molecule has 5 heteroatoms. The molecule has 1 rings (SSSR count). The smallest absolute Gasteiger partial charge is 0.224 e. The van der Waals surface area contributed by atoms with E-state index in [9.17, 15) is 9.90 Å². The number of carbonyl (C=O) groups excluding carboxylic acids is 1. The average Bonchev–Trinajstić information content (AvgIpc) is 2.30. The van der Waals surface area contributed by atoms with E-state index in [0.717, 1.165) is 0 Å². The van der Waals surface area contributed by atoms with Gasteiger partial charge >= 0.3 is 0 Å². The Hall–Kier alpha value is -0.770. The molecule has 2 N–H and O–H groups in total. The molecule has 1 amide bonds. The minimum absolute atomic E-state index is 0.118. The number of aliphatic hydroxyl groups is 1. The molecule has 19 heavy (non-hydrogen) atoms. The Morgan fingerprint density at radius 3 is 2.42 bits per heavy atom. The number of rotatable bonds is 6. The van der Waals surface area contributed by atoms with Crippen molar-refractivity contribution < 1.29 is 9.90 Å². The summed E-state index contributed by atoms with van der Waals surface area (Å²) in [7, 11) is 0. The summed E-state index contributed by atoms with van der Waals surface area (Å²) in [5, 5.41) is 13.1. The monoisotopic (exact) mass is 303 g/mol. The number of benzene rings is 1. The number of nitrogens with one attached hydrogen (secondary N) is 1. The molecule has 0 saturated heterocycles. The largest absolute Gasteiger partial charge is 0.393 e. The van der Waals surface area contributed by atoms with Crippen molar-refractivity contribution >= 4 is 29.1 Å². The second-order valence-electron chi connectivity index (χ2n) is 4.87. The average molecular weight is 304 g/mol. The zero-order valence-electron chi connectivity index (χ0n) is 11.1. The van der Waals surface area contributed by atoms with Gasteiger partial charge in [-0.05, 0) is 37.0 Å². The Bertz CT molecular complexity index is 415. The fourth-order valence-corrected chi connectivity index (χ4v) is 2.41. The van der Waals surface area contributed by atoms with Crippen molar-refractivity contribution in [2.45, 2.75) is 32.8 Å². The Labute approximate surface area is 123 Å². The van der Waals surface area contributed by atoms with Gasteiger partial charge in [0, 0.05) is 16.6 Å². The molecule has 0 saturated carbocycles. The van der Waals surface area contributed by atoms with Gasteiger partial charge in [0.1, 0.15) is 0 Å². The van der Waals surface area contributed by atoms with E-state index in [1.165, 1.54) is 0 Å². The summed E-state index contributed by atoms with van der Waals surface area (Å²) in [6.07, 6.45) is 0.470. The Morgan fingerprint density at radius 2 is 1.89 bits per heavy atom. The van der Waals surface area contributed by atoms with Crippen molar-refractivity contribution in [3.05, 3.63) is 33.8 Å². The van der Waals surface area contributed by atoms with Gasteiger partial charge in [0.2, 0.25) is 5.91 Å². The number of amides is 1. The van der Waals surface area contributed by atoms with Gasteiger partial charge < -0.3 is 10.4 Å². The molecule has 0 radical (unpaired) electrons. The number of aliphatic hydroxyl groups excluding tert-OH is 1. The summed E-state index contributed by atoms with van der Waals surface area (Å²) in [6, 6.07) is 5.18. The SMILES string of the molecule is CC(O)CC(C)CNC(=O)Cc1c(Cl)cccc1Cl. The first-order valence-corrected chi connectivity index (χ1v) is 7.03. The number of carbonyl (C=O) groups is 1. The predicted octanol–water partition coefficient (Wildman–Crippen LogP) is 3.06. The fourth-order valence-electron chi connectivity index (χ4n) is 1.88. The molecule has 106 valence electrons. The van der Waals surface area contributed by atoms with Crippen molar-refractivity contribution in [2.75, 3.05) is 6.54 Å². The van der Waals surface area contributed by atoms with Crippen molar-refractivity contribution in [1.29, 1.82) is 0 Å². The lowest BCUT2D eigenvalue weighted by Gasteiger charge is -2.14. The molecule has 0 aliphatic carbocycles. The van der Waals surface area contributed by atoms with Crippen molar-refractivity contribution in [3.8, 4) is 0 Å². The van der Waals surface area contributed by atoms with Crippen molar-refractivity contribution in [3.63, 3.8) is 0 Å². The lowest BCUT2D eigenvalue weighted by molar-refractivity contribution is -0.120. The summed E-state index contributed by atoms with van der Waals surface area (Å²) in [6.45, 7) is 4.25. The van der Waals surface area contributed by atoms with E-state index in [2.05, 4.69) is 5.32 Å². The molecular formula is C14H19Cl2NO2. The molecule has 1 aromatic carbocycles. The minimum atomic E-state index is -0.357. The summed E-state index contributed by atoms with van der Waals surface area (Å²) in [5.41, 5.74) is 0.645. The maximum Gasteiger partial charge on any atom is 0.224 e. The maximum absolute atomic E-state index is 11.8. The first-order chi connectivity index (χ1) is 8.90. The van der Waals surface area contributed by atoms with Crippen LogP contribution in [-0.4, -0.2) is 23.7 Å². The summed E-state index contributed by atoms with van der Waals surface area (Å²) in [4.78, 5) is 11.8. The highest BCUT2D eigenvalue weighted by Gasteiger charge is 2.12. The van der Waals surface area contributed by atoms with Crippen LogP contribution in [0.2, 0.25) is 10.0 Å². The van der Waals surface area contributed by atoms with E-state index < -0.39 is 0 Å². The van der Waals surface area contributed by atoms with E-state index in [-0.39, 0.29) is 24.3 Å². The summed E-state index contributed by atoms with van der Waals surface area (Å²) < 4.78 is 0. The van der Waals surface area contributed by atoms with Crippen LogP contribution in [0.1, 0.15) is 25.8 Å². The standard InChI is InChI=1S/C14H19Cl2NO2/c1-9(6-10(2)18)8-17-14(19)7-11-12(15)4-3-5-13(11)16/h3-5,9-10,18H,6-8H2,1-2H3,(H,17,19). The van der Waals surface area contributed by atoms with Gasteiger partial charge in [-0.2, -0.15) is 0 Å². The molecule has 1 aromatic rings. The number of hydrogen-bond acceptors (Lipinski definition) is 2. The number of halogens is 2. The molecule has 0 aliphatic heterocycles. The van der Waals surface area contributed by atoms with Crippen LogP contribution in [-0.2, 0) is 11.2 Å². The Kier molecular flexibility index (Phi) is 6.63. The molecule has 2 unspecified atom stereocenters. The lowest BCUT2D eigenvalue weighted by Crippen LogP contribution is -2.30. The second kappa shape index (κ2) is 7.73. The normalized spacial score (nSPS) is 13.9. The van der Waals surface area contributed by atoms with E-state index in [4.69, 9.17) is 23.2 Å². The molecule has 3 nitrogen and oxygen atoms in total. The third kappa shape index (κ3) is 5.81. The Balaban J connectivity index is 2.48. The van der Waals surface area contributed by atoms with Gasteiger partial charge in [-0.25, -0.2) is 0 Å². The molecule has 0 spiro atoms. The van der Waals surface area contributed by atoms with Crippen molar-refractivity contribution in [2.24, 2.45) is 5.92 Å². The summed E-state index contributed by atoms with van der Waals surface area (Å²) >= 11 is 12.0. The van der Waals surface area contributed by atoms with Gasteiger partial charge in [0.15, 0.2) is 0 Å². The van der Waals surface area contributed by atoms with E-state index >= 15 is 0 Å². The topological polar surface area (TPSA) is 49.3 Å². The minimum Gasteiger partial charge on any atom is -0.393 e. The molecular weight excluding hydrogens is 285 g/mol. The molecule has 0 aromatic heterocycles. The third-order valence-corrected chi connectivity index (χ3v) is 3.50. The molecule has 0 heterocycles. The molecule has 0 fully saturated rings. The molecule has 0 aliphatic rings. The van der Waals surface area contributed by atoms with Crippen LogP contribution in [0.5, 0.6) is 0 Å². The quantitative estimate of drug-likeness (QED) is 0.848. The third-order valence-electron chi connectivity index (χ3n) is 2.79. The van der Waals surface area contributed by atoms with Crippen LogP contribution < -0.4 is 5.32 Å². The van der Waals surface area contributed by atoms with Crippen molar-refractivity contribution in [1.82, 2.24) is 5.32 Å². The first-order valence-electron chi connectivity index (χ1n) is 6.27. The second-order valence-corrected chi connectivity index (χ2v) is 5.69. The van der Waals surface area contributed by atoms with Crippen LogP contribution in [0.15, 0.2) is 18.2 Å². The van der Waals surface area contributed by atoms with Crippen LogP contribution in [0.25, 0.3) is 0 Å². The van der Waals surface area contributed by atoms with Crippen LogP contribution in [0.4, 0.5) is 0 Å². The lowest BCUT2D eigenvalue weighted by atomic mass is 10.0. The predicted molar refractivity (Wildman–Crippen MR) is 78.6 cm³/mol. The van der Waals surface area contributed by atoms with Crippen LogP contribution in [0.3, 0.4) is 0 Å². The zero-order chi connectivity index (χ0) is 14.4. The number of hydrogen-bond donors (Lipinski definition) is 2. The maximum atomic E-state index is 11.8. The Morgan fingerprint density at radius 1 is 1.32 bits per heavy atom. The summed E-state index contributed by atoms with van der Waals surface area (Å²) in [5.74, 6) is 0.109. The van der Waals surface area contributed by atoms with E-state index in [1.54, 1.807) is 25.1 Å². The van der Waals surface area contributed by atoms with Crippen LogP contribution in [0, 0.1) is 5.92 Å². The highest BCUT2D eigenvalue weighted by molar-refractivity contribution is 6.36. The van der Waals surface area contributed by atoms with E-state index in [0.29, 0.717) is 28.6 Å². The van der Waals surface area contributed by atoms with Gasteiger partial charge in [-0.15, -0.1) is 0 Å². The molecule has 2 atom stereocenters. The molecule has 0 bridgehead atoms. The van der Waals surface area contributed by atoms with E-state index in [1.807, 2.05) is 6.92 Å². The van der Waals surface area contributed by atoms with Gasteiger partial charge in [0.25, 0.3) is 0 Å². The van der Waals surface area contributed by atoms with Crippen LogP contribution >= 0.6 is 23.2 Å². The first kappa shape index (κ1) is 16.3. The zero-order valence-corrected chi connectivity index (χ0v) is 12.6. The highest BCUT2D eigenvalue weighted by atomic mass is 35.5. The van der Waals surface area contributed by atoms with Gasteiger partial charge in [-0.1, -0.05) is 36.2 Å².